The summed E-state index contributed by atoms with van der Waals surface area (Å²) >= 11 is 0. The van der Waals surface area contributed by atoms with Crippen molar-refractivity contribution in [2.45, 2.75) is 33.4 Å². The molecule has 0 spiro atoms. The molecule has 0 saturated carbocycles. The molecule has 0 radical (unpaired) electrons. The maximum atomic E-state index is 6.01. The van der Waals surface area contributed by atoms with Gasteiger partial charge in [0.15, 0.2) is 5.82 Å². The van der Waals surface area contributed by atoms with Crippen molar-refractivity contribution in [3.63, 3.8) is 0 Å². The Morgan fingerprint density at radius 1 is 1.40 bits per heavy atom. The molecule has 0 bridgehead atoms. The van der Waals surface area contributed by atoms with Crippen LogP contribution in [0, 0.1) is 5.41 Å². The molecule has 1 rings (SSSR count). The SMILES string of the molecule is CN(C)Cc1noc(C(N)C(C)(C)C)n1. The van der Waals surface area contributed by atoms with Crippen molar-refractivity contribution in [1.29, 1.82) is 0 Å². The highest BCUT2D eigenvalue weighted by Crippen LogP contribution is 2.29. The van der Waals surface area contributed by atoms with Crippen LogP contribution in [0.3, 0.4) is 0 Å². The fraction of sp³-hybridized carbons (Fsp3) is 0.800. The molecule has 15 heavy (non-hydrogen) atoms. The topological polar surface area (TPSA) is 68.2 Å². The maximum absolute atomic E-state index is 6.01. The van der Waals surface area contributed by atoms with Crippen molar-refractivity contribution in [3.05, 3.63) is 11.7 Å². The molecular weight excluding hydrogens is 192 g/mol. The summed E-state index contributed by atoms with van der Waals surface area (Å²) in [5.41, 5.74) is 5.94. The summed E-state index contributed by atoms with van der Waals surface area (Å²) in [6, 6.07) is -0.221. The second-order valence-corrected chi connectivity index (χ2v) is 5.13. The lowest BCUT2D eigenvalue weighted by atomic mass is 9.87. The van der Waals surface area contributed by atoms with Crippen LogP contribution in [0.15, 0.2) is 4.52 Å². The Bertz CT molecular complexity index is 313. The third-order valence-corrected chi connectivity index (χ3v) is 2.14. The summed E-state index contributed by atoms with van der Waals surface area (Å²) < 4.78 is 5.14. The molecule has 0 fully saturated rings. The first-order valence-corrected chi connectivity index (χ1v) is 5.03. The molecular formula is C10H20N4O. The van der Waals surface area contributed by atoms with Crippen LogP contribution >= 0.6 is 0 Å². The maximum Gasteiger partial charge on any atom is 0.244 e. The van der Waals surface area contributed by atoms with Crippen molar-refractivity contribution in [2.75, 3.05) is 14.1 Å². The van der Waals surface area contributed by atoms with E-state index in [9.17, 15) is 0 Å². The molecule has 1 atom stereocenters. The van der Waals surface area contributed by atoms with E-state index in [1.54, 1.807) is 0 Å². The molecule has 1 aromatic rings. The average Bonchev–Trinajstić information content (AvgIpc) is 2.48. The van der Waals surface area contributed by atoms with E-state index in [1.165, 1.54) is 0 Å². The summed E-state index contributed by atoms with van der Waals surface area (Å²) in [7, 11) is 3.92. The van der Waals surface area contributed by atoms with E-state index in [4.69, 9.17) is 10.3 Å². The Morgan fingerprint density at radius 2 is 2.00 bits per heavy atom. The first kappa shape index (κ1) is 12.1. The monoisotopic (exact) mass is 212 g/mol. The van der Waals surface area contributed by atoms with Gasteiger partial charge in [-0.25, -0.2) is 0 Å². The average molecular weight is 212 g/mol. The number of nitrogens with two attached hydrogens (primary N) is 1. The first-order valence-electron chi connectivity index (χ1n) is 5.03. The second-order valence-electron chi connectivity index (χ2n) is 5.13. The third-order valence-electron chi connectivity index (χ3n) is 2.14. The normalized spacial score (nSPS) is 14.6. The molecule has 0 saturated heterocycles. The standard InChI is InChI=1S/C10H20N4O/c1-10(2,3)8(11)9-12-7(13-15-9)6-14(4)5/h8H,6,11H2,1-5H3. The van der Waals surface area contributed by atoms with Gasteiger partial charge in [-0.1, -0.05) is 25.9 Å². The van der Waals surface area contributed by atoms with Crippen LogP contribution in [0.5, 0.6) is 0 Å². The second kappa shape index (κ2) is 4.28. The van der Waals surface area contributed by atoms with Crippen LogP contribution in [-0.2, 0) is 6.54 Å². The number of nitrogens with zero attached hydrogens (tertiary/aromatic N) is 3. The highest BCUT2D eigenvalue weighted by Gasteiger charge is 2.27. The molecule has 0 amide bonds. The lowest BCUT2D eigenvalue weighted by molar-refractivity contribution is 0.251. The zero-order chi connectivity index (χ0) is 11.6. The predicted molar refractivity (Wildman–Crippen MR) is 58.1 cm³/mol. The minimum atomic E-state index is -0.221. The highest BCUT2D eigenvalue weighted by atomic mass is 16.5. The quantitative estimate of drug-likeness (QED) is 0.814. The van der Waals surface area contributed by atoms with E-state index >= 15 is 0 Å². The van der Waals surface area contributed by atoms with Crippen LogP contribution < -0.4 is 5.73 Å². The number of aromatic nitrogens is 2. The van der Waals surface area contributed by atoms with Gasteiger partial charge in [0.2, 0.25) is 5.89 Å². The van der Waals surface area contributed by atoms with E-state index in [-0.39, 0.29) is 11.5 Å². The van der Waals surface area contributed by atoms with Crippen LogP contribution in [0.1, 0.15) is 38.5 Å². The molecule has 0 aliphatic heterocycles. The minimum Gasteiger partial charge on any atom is -0.338 e. The molecule has 5 nitrogen and oxygen atoms in total. The number of hydrogen-bond donors (Lipinski definition) is 1. The lowest BCUT2D eigenvalue weighted by Gasteiger charge is -2.23. The number of rotatable bonds is 3. The van der Waals surface area contributed by atoms with Crippen molar-refractivity contribution in [1.82, 2.24) is 15.0 Å². The predicted octanol–water partition coefficient (Wildman–Crippen LogP) is 1.18. The molecule has 1 heterocycles. The molecule has 2 N–H and O–H groups in total. The summed E-state index contributed by atoms with van der Waals surface area (Å²) in [4.78, 5) is 6.26. The van der Waals surface area contributed by atoms with Gasteiger partial charge >= 0.3 is 0 Å². The van der Waals surface area contributed by atoms with Crippen LogP contribution in [0.25, 0.3) is 0 Å². The highest BCUT2D eigenvalue weighted by molar-refractivity contribution is 4.96. The van der Waals surface area contributed by atoms with E-state index in [1.807, 2.05) is 39.8 Å². The zero-order valence-corrected chi connectivity index (χ0v) is 10.1. The Balaban J connectivity index is 2.76. The van der Waals surface area contributed by atoms with E-state index < -0.39 is 0 Å². The summed E-state index contributed by atoms with van der Waals surface area (Å²) in [5.74, 6) is 1.19. The Labute approximate surface area is 90.6 Å². The molecule has 5 heteroatoms. The minimum absolute atomic E-state index is 0.0675. The third kappa shape index (κ3) is 3.28. The van der Waals surface area contributed by atoms with Crippen molar-refractivity contribution in [2.24, 2.45) is 11.1 Å². The Morgan fingerprint density at radius 3 is 2.47 bits per heavy atom. The van der Waals surface area contributed by atoms with Gasteiger partial charge in [0.1, 0.15) is 0 Å². The van der Waals surface area contributed by atoms with Gasteiger partial charge in [0.25, 0.3) is 0 Å². The van der Waals surface area contributed by atoms with Gasteiger partial charge in [-0.3, -0.25) is 0 Å². The molecule has 86 valence electrons. The van der Waals surface area contributed by atoms with Crippen molar-refractivity contribution < 1.29 is 4.52 Å². The van der Waals surface area contributed by atoms with Gasteiger partial charge < -0.3 is 15.2 Å². The fourth-order valence-corrected chi connectivity index (χ4v) is 1.11. The fourth-order valence-electron chi connectivity index (χ4n) is 1.11. The van der Waals surface area contributed by atoms with Gasteiger partial charge in [-0.05, 0) is 19.5 Å². The van der Waals surface area contributed by atoms with Gasteiger partial charge in [0.05, 0.1) is 12.6 Å². The summed E-state index contributed by atoms with van der Waals surface area (Å²) in [6.45, 7) is 6.81. The zero-order valence-electron chi connectivity index (χ0n) is 10.1. The molecule has 0 aliphatic carbocycles. The number of hydrogen-bond acceptors (Lipinski definition) is 5. The van der Waals surface area contributed by atoms with Crippen molar-refractivity contribution >= 4 is 0 Å². The van der Waals surface area contributed by atoms with E-state index in [2.05, 4.69) is 10.1 Å². The Kier molecular flexibility index (Phi) is 3.46. The van der Waals surface area contributed by atoms with Crippen LogP contribution in [0.2, 0.25) is 0 Å². The molecule has 0 aromatic carbocycles. The smallest absolute Gasteiger partial charge is 0.244 e. The summed E-state index contributed by atoms with van der Waals surface area (Å²) in [6.07, 6.45) is 0. The van der Waals surface area contributed by atoms with Gasteiger partial charge in [-0.2, -0.15) is 4.98 Å². The molecule has 0 aliphatic rings. The van der Waals surface area contributed by atoms with Crippen LogP contribution in [-0.4, -0.2) is 29.1 Å². The molecule has 1 unspecified atom stereocenters. The first-order chi connectivity index (χ1) is 6.80. The van der Waals surface area contributed by atoms with Gasteiger partial charge in [0, 0.05) is 0 Å². The largest absolute Gasteiger partial charge is 0.338 e. The van der Waals surface area contributed by atoms with Gasteiger partial charge in [-0.15, -0.1) is 0 Å². The van der Waals surface area contributed by atoms with E-state index in [0.717, 1.165) is 0 Å². The van der Waals surface area contributed by atoms with Crippen molar-refractivity contribution in [3.8, 4) is 0 Å². The Hall–Kier alpha value is -0.940. The molecule has 1 aromatic heterocycles. The summed E-state index contributed by atoms with van der Waals surface area (Å²) in [5, 5.41) is 3.88. The van der Waals surface area contributed by atoms with E-state index in [0.29, 0.717) is 18.3 Å². The lowest BCUT2D eigenvalue weighted by Crippen LogP contribution is -2.26. The van der Waals surface area contributed by atoms with Crippen LogP contribution in [0.4, 0.5) is 0 Å².